The molecule has 9 heteroatoms. The summed E-state index contributed by atoms with van der Waals surface area (Å²) < 4.78 is 11.4. The SMILES string of the molecule is CCCCCCC/C=C\C/C=C\C/C=C\CCCCCCCCCCCCCCCCCCCCCCCCC(=O)NC(COC1OC(CO)C(O)C(O)C1O)C(O)CCCCCCCCCCCCCCCCCCCCC. The van der Waals surface area contributed by atoms with Crippen molar-refractivity contribution in [3.05, 3.63) is 36.5 Å². The highest BCUT2D eigenvalue weighted by Gasteiger charge is 2.44. The van der Waals surface area contributed by atoms with E-state index in [1.165, 1.54) is 270 Å². The fraction of sp³-hybridized carbons (Fsp3) is 0.900. The van der Waals surface area contributed by atoms with Gasteiger partial charge < -0.3 is 40.3 Å². The number of nitrogens with one attached hydrogen (secondary N) is 1. The van der Waals surface area contributed by atoms with Crippen molar-refractivity contribution in [2.45, 2.75) is 391 Å². The average molecular weight is 1120 g/mol. The molecule has 466 valence electrons. The molecule has 7 unspecified atom stereocenters. The van der Waals surface area contributed by atoms with Crippen LogP contribution in [0.3, 0.4) is 0 Å². The molecule has 79 heavy (non-hydrogen) atoms. The summed E-state index contributed by atoms with van der Waals surface area (Å²) in [5.41, 5.74) is 0. The van der Waals surface area contributed by atoms with Crippen molar-refractivity contribution in [2.75, 3.05) is 13.2 Å². The number of hydrogen-bond donors (Lipinski definition) is 6. The first-order valence-electron chi connectivity index (χ1n) is 34.7. The van der Waals surface area contributed by atoms with Crippen LogP contribution in [0.2, 0.25) is 0 Å². The van der Waals surface area contributed by atoms with Crippen LogP contribution in [0.25, 0.3) is 0 Å². The molecule has 1 heterocycles. The lowest BCUT2D eigenvalue weighted by Crippen LogP contribution is -2.60. The molecule has 9 nitrogen and oxygen atoms in total. The van der Waals surface area contributed by atoms with Crippen LogP contribution < -0.4 is 5.32 Å². The van der Waals surface area contributed by atoms with Crippen molar-refractivity contribution in [3.8, 4) is 0 Å². The second-order valence-electron chi connectivity index (χ2n) is 24.3. The van der Waals surface area contributed by atoms with Gasteiger partial charge in [-0.15, -0.1) is 0 Å². The Labute approximate surface area is 489 Å². The topological polar surface area (TPSA) is 149 Å². The van der Waals surface area contributed by atoms with Gasteiger partial charge in [-0.3, -0.25) is 4.79 Å². The number of ether oxygens (including phenoxy) is 2. The molecule has 6 N–H and O–H groups in total. The van der Waals surface area contributed by atoms with Gasteiger partial charge in [0, 0.05) is 6.42 Å². The Morgan fingerprint density at radius 1 is 0.430 bits per heavy atom. The number of aliphatic hydroxyl groups excluding tert-OH is 5. The quantitative estimate of drug-likeness (QED) is 0.0261. The molecular weight excluding hydrogens is 983 g/mol. The molecule has 1 rings (SSSR count). The van der Waals surface area contributed by atoms with Gasteiger partial charge in [0.05, 0.1) is 25.4 Å². The number of rotatable bonds is 61. The lowest BCUT2D eigenvalue weighted by Gasteiger charge is -2.40. The van der Waals surface area contributed by atoms with Gasteiger partial charge in [-0.2, -0.15) is 0 Å². The largest absolute Gasteiger partial charge is 0.394 e. The maximum Gasteiger partial charge on any atom is 0.220 e. The first-order chi connectivity index (χ1) is 38.8. The van der Waals surface area contributed by atoms with Gasteiger partial charge in [-0.1, -0.05) is 326 Å². The van der Waals surface area contributed by atoms with Gasteiger partial charge >= 0.3 is 0 Å². The summed E-state index contributed by atoms with van der Waals surface area (Å²) >= 11 is 0. The lowest BCUT2D eigenvalue weighted by atomic mass is 9.99. The van der Waals surface area contributed by atoms with E-state index in [1.807, 2.05) is 0 Å². The minimum absolute atomic E-state index is 0.133. The van der Waals surface area contributed by atoms with E-state index in [2.05, 4.69) is 55.6 Å². The summed E-state index contributed by atoms with van der Waals surface area (Å²) in [6.07, 6.45) is 72.1. The zero-order chi connectivity index (χ0) is 57.2. The van der Waals surface area contributed by atoms with E-state index in [9.17, 15) is 30.3 Å². The Kier molecular flexibility index (Phi) is 56.9. The maximum absolute atomic E-state index is 13.1. The van der Waals surface area contributed by atoms with Crippen LogP contribution in [-0.2, 0) is 14.3 Å². The molecule has 0 saturated carbocycles. The molecule has 0 aromatic rings. The number of aliphatic hydroxyl groups is 5. The van der Waals surface area contributed by atoms with Gasteiger partial charge in [0.25, 0.3) is 0 Å². The van der Waals surface area contributed by atoms with E-state index < -0.39 is 49.5 Å². The van der Waals surface area contributed by atoms with Gasteiger partial charge in [0.15, 0.2) is 6.29 Å². The fourth-order valence-corrected chi connectivity index (χ4v) is 11.3. The summed E-state index contributed by atoms with van der Waals surface area (Å²) in [6, 6.07) is -0.718. The summed E-state index contributed by atoms with van der Waals surface area (Å²) in [4.78, 5) is 13.1. The van der Waals surface area contributed by atoms with E-state index in [4.69, 9.17) is 9.47 Å². The highest BCUT2D eigenvalue weighted by Crippen LogP contribution is 2.24. The zero-order valence-electron chi connectivity index (χ0n) is 52.2. The average Bonchev–Trinajstić information content (AvgIpc) is 3.46. The van der Waals surface area contributed by atoms with Crippen LogP contribution in [0.5, 0.6) is 0 Å². The molecule has 0 aromatic carbocycles. The third kappa shape index (κ3) is 48.5. The van der Waals surface area contributed by atoms with Crippen molar-refractivity contribution in [3.63, 3.8) is 0 Å². The third-order valence-electron chi connectivity index (χ3n) is 16.7. The molecule has 0 aliphatic carbocycles. The van der Waals surface area contributed by atoms with E-state index in [0.717, 1.165) is 51.4 Å². The second-order valence-corrected chi connectivity index (χ2v) is 24.3. The molecule has 0 spiro atoms. The van der Waals surface area contributed by atoms with Crippen molar-refractivity contribution >= 4 is 5.91 Å². The molecule has 0 bridgehead atoms. The first kappa shape index (κ1) is 75.4. The molecule has 1 aliphatic heterocycles. The van der Waals surface area contributed by atoms with Gasteiger partial charge in [-0.25, -0.2) is 0 Å². The number of carbonyl (C=O) groups excluding carboxylic acids is 1. The smallest absolute Gasteiger partial charge is 0.220 e. The van der Waals surface area contributed by atoms with E-state index >= 15 is 0 Å². The first-order valence-corrected chi connectivity index (χ1v) is 34.7. The van der Waals surface area contributed by atoms with E-state index in [0.29, 0.717) is 12.8 Å². The lowest BCUT2D eigenvalue weighted by molar-refractivity contribution is -0.302. The summed E-state index contributed by atoms with van der Waals surface area (Å²) in [5.74, 6) is -0.137. The third-order valence-corrected chi connectivity index (χ3v) is 16.7. The van der Waals surface area contributed by atoms with Crippen LogP contribution in [0.1, 0.15) is 348 Å². The highest BCUT2D eigenvalue weighted by molar-refractivity contribution is 5.76. The molecular formula is C70H133NO8. The number of allylic oxidation sites excluding steroid dienone is 6. The van der Waals surface area contributed by atoms with Crippen molar-refractivity contribution < 1.29 is 39.8 Å². The molecule has 1 aliphatic rings. The molecule has 1 saturated heterocycles. The summed E-state index contributed by atoms with van der Waals surface area (Å²) in [6.45, 7) is 3.87. The van der Waals surface area contributed by atoms with Crippen LogP contribution in [0.4, 0.5) is 0 Å². The number of carbonyl (C=O) groups is 1. The number of amides is 1. The number of unbranched alkanes of at least 4 members (excludes halogenated alkanes) is 45. The van der Waals surface area contributed by atoms with Crippen LogP contribution in [-0.4, -0.2) is 87.5 Å². The Bertz CT molecular complexity index is 1340. The fourth-order valence-electron chi connectivity index (χ4n) is 11.3. The van der Waals surface area contributed by atoms with Crippen LogP contribution in [0, 0.1) is 0 Å². The Morgan fingerprint density at radius 3 is 1.10 bits per heavy atom. The minimum Gasteiger partial charge on any atom is -0.394 e. The normalized spacial score (nSPS) is 18.7. The highest BCUT2D eigenvalue weighted by atomic mass is 16.7. The van der Waals surface area contributed by atoms with Gasteiger partial charge in [0.1, 0.15) is 24.4 Å². The summed E-state index contributed by atoms with van der Waals surface area (Å²) in [5, 5.41) is 54.9. The Morgan fingerprint density at radius 2 is 0.747 bits per heavy atom. The van der Waals surface area contributed by atoms with Gasteiger partial charge in [0.2, 0.25) is 5.91 Å². The maximum atomic E-state index is 13.1. The van der Waals surface area contributed by atoms with Gasteiger partial charge in [-0.05, 0) is 51.4 Å². The van der Waals surface area contributed by atoms with Crippen molar-refractivity contribution in [2.24, 2.45) is 0 Å². The standard InChI is InChI=1S/C70H133NO8/c1-3-5-7-9-11-13-15-17-19-21-23-24-25-26-27-28-29-30-31-32-33-34-35-36-37-38-39-40-42-44-46-48-50-52-54-56-58-60-66(74)71-63(62-78-70-69(77)68(76)67(75)65(61-72)79-70)64(73)59-57-55-53-51-49-47-45-43-41-22-20-18-16-14-12-10-8-6-4-2/h15,17,21,23,25-26,63-65,67-70,72-73,75-77H,3-14,16,18-20,22,24,27-62H2,1-2H3,(H,71,74)/b17-15-,23-21-,26-25-. The predicted molar refractivity (Wildman–Crippen MR) is 337 cm³/mol. The van der Waals surface area contributed by atoms with E-state index in [-0.39, 0.29) is 12.5 Å². The molecule has 0 aromatic heterocycles. The molecule has 0 radical (unpaired) electrons. The van der Waals surface area contributed by atoms with Crippen LogP contribution in [0.15, 0.2) is 36.5 Å². The summed E-state index contributed by atoms with van der Waals surface area (Å²) in [7, 11) is 0. The zero-order valence-corrected chi connectivity index (χ0v) is 52.2. The predicted octanol–water partition coefficient (Wildman–Crippen LogP) is 18.6. The van der Waals surface area contributed by atoms with Crippen LogP contribution >= 0.6 is 0 Å². The number of hydrogen-bond acceptors (Lipinski definition) is 8. The van der Waals surface area contributed by atoms with Crippen molar-refractivity contribution in [1.29, 1.82) is 0 Å². The monoisotopic (exact) mass is 1120 g/mol. The Hall–Kier alpha value is -1.59. The van der Waals surface area contributed by atoms with Crippen molar-refractivity contribution in [1.82, 2.24) is 5.32 Å². The molecule has 1 fully saturated rings. The molecule has 7 atom stereocenters. The Balaban J connectivity index is 2.06. The van der Waals surface area contributed by atoms with E-state index in [1.54, 1.807) is 0 Å². The molecule has 1 amide bonds. The second kappa shape index (κ2) is 59.6. The minimum atomic E-state index is -1.55.